The van der Waals surface area contributed by atoms with Crippen molar-refractivity contribution in [3.8, 4) is 39.1 Å². The molecule has 0 unspecified atom stereocenters. The van der Waals surface area contributed by atoms with Crippen LogP contribution in [-0.2, 0) is 5.41 Å². The Kier molecular flexibility index (Phi) is 8.00. The van der Waals surface area contributed by atoms with Crippen LogP contribution >= 0.6 is 0 Å². The summed E-state index contributed by atoms with van der Waals surface area (Å²) in [7, 11) is 0. The van der Waals surface area contributed by atoms with Gasteiger partial charge >= 0.3 is 0 Å². The molecule has 13 aromatic rings. The summed E-state index contributed by atoms with van der Waals surface area (Å²) < 4.78 is 15.4. The molecule has 0 saturated heterocycles. The maximum Gasteiger partial charge on any atom is 0.160 e. The Bertz CT molecular complexity index is 4110. The van der Waals surface area contributed by atoms with Crippen molar-refractivity contribution in [1.29, 1.82) is 0 Å². The van der Waals surface area contributed by atoms with Crippen LogP contribution in [0.3, 0.4) is 0 Å². The number of aromatic nitrogens is 1. The molecule has 0 atom stereocenters. The Morgan fingerprint density at radius 3 is 1.63 bits per heavy atom. The average Bonchev–Trinajstić information content (AvgIpc) is 4.11. The van der Waals surface area contributed by atoms with E-state index in [2.05, 4.69) is 224 Å². The molecule has 0 N–H and O–H groups in total. The highest BCUT2D eigenvalue weighted by atomic mass is 16.3. The molecular weight excluding hydrogens is 817 g/mol. The Morgan fingerprint density at radius 1 is 0.373 bits per heavy atom. The van der Waals surface area contributed by atoms with Crippen molar-refractivity contribution >= 4 is 82.7 Å². The maximum atomic E-state index is 6.61. The number of para-hydroxylation sites is 4. The Labute approximate surface area is 387 Å². The van der Waals surface area contributed by atoms with Crippen LogP contribution in [-0.4, -0.2) is 4.57 Å². The van der Waals surface area contributed by atoms with Gasteiger partial charge in [-0.3, -0.25) is 0 Å². The summed E-state index contributed by atoms with van der Waals surface area (Å²) in [5.41, 5.74) is 19.9. The summed E-state index contributed by atoms with van der Waals surface area (Å²) in [5.74, 6) is 0. The lowest BCUT2D eigenvalue weighted by Gasteiger charge is -2.28. The molecule has 0 aliphatic heterocycles. The fourth-order valence-corrected chi connectivity index (χ4v) is 11.1. The molecule has 0 fully saturated rings. The monoisotopic (exact) mass is 858 g/mol. The minimum absolute atomic E-state index is 0.129. The van der Waals surface area contributed by atoms with E-state index < -0.39 is 0 Å². The summed E-state index contributed by atoms with van der Waals surface area (Å²) in [5, 5.41) is 6.91. The van der Waals surface area contributed by atoms with Gasteiger partial charge in [0, 0.05) is 66.0 Å². The third kappa shape index (κ3) is 5.60. The summed E-state index contributed by atoms with van der Waals surface area (Å²) in [6.07, 6.45) is 0. The van der Waals surface area contributed by atoms with Crippen molar-refractivity contribution in [3.05, 3.63) is 230 Å². The van der Waals surface area contributed by atoms with E-state index in [9.17, 15) is 0 Å². The molecule has 0 radical (unpaired) electrons. The van der Waals surface area contributed by atoms with Crippen molar-refractivity contribution in [2.24, 2.45) is 0 Å². The van der Waals surface area contributed by atoms with Gasteiger partial charge in [0.05, 0.1) is 11.0 Å². The molecule has 0 spiro atoms. The van der Waals surface area contributed by atoms with Crippen molar-refractivity contribution in [2.45, 2.75) is 19.3 Å². The van der Waals surface area contributed by atoms with Crippen LogP contribution in [0.1, 0.15) is 25.0 Å². The van der Waals surface area contributed by atoms with E-state index in [1.807, 2.05) is 18.2 Å². The van der Waals surface area contributed by atoms with Crippen molar-refractivity contribution in [2.75, 3.05) is 4.90 Å². The number of benzene rings is 10. The molecule has 0 bridgehead atoms. The number of rotatable bonds is 6. The largest absolute Gasteiger partial charge is 0.455 e. The Balaban J connectivity index is 0.853. The van der Waals surface area contributed by atoms with Crippen LogP contribution in [0.2, 0.25) is 0 Å². The van der Waals surface area contributed by atoms with Gasteiger partial charge in [-0.05, 0) is 112 Å². The second-order valence-corrected chi connectivity index (χ2v) is 18.4. The fraction of sp³-hybridized carbons (Fsp3) is 0.0476. The SMILES string of the molecule is CC1(C)c2ccccc2-c2ccc(N(c3ccc(-c4ccc(-n5c6ccccc6c6ccc7c8ccccc8oc7c65)cc4)cc3)c3ccc(-c4cccc5c4oc4ccccc45)cc3)cc21. The first kappa shape index (κ1) is 37.7. The van der Waals surface area contributed by atoms with Gasteiger partial charge < -0.3 is 18.3 Å². The van der Waals surface area contributed by atoms with E-state index >= 15 is 0 Å². The number of furan rings is 2. The van der Waals surface area contributed by atoms with Gasteiger partial charge in [-0.25, -0.2) is 0 Å². The first-order chi connectivity index (χ1) is 33.0. The van der Waals surface area contributed by atoms with Crippen LogP contribution in [0.25, 0.3) is 105 Å². The van der Waals surface area contributed by atoms with Crippen LogP contribution in [0.4, 0.5) is 17.1 Å². The minimum atomic E-state index is -0.129. The summed E-state index contributed by atoms with van der Waals surface area (Å²) >= 11 is 0. The molecule has 316 valence electrons. The summed E-state index contributed by atoms with van der Waals surface area (Å²) in [6.45, 7) is 4.69. The molecule has 1 aliphatic rings. The van der Waals surface area contributed by atoms with E-state index in [-0.39, 0.29) is 5.41 Å². The first-order valence-corrected chi connectivity index (χ1v) is 23.1. The predicted molar refractivity (Wildman–Crippen MR) is 278 cm³/mol. The topological polar surface area (TPSA) is 34.5 Å². The highest BCUT2D eigenvalue weighted by molar-refractivity contribution is 6.21. The number of hydrogen-bond acceptors (Lipinski definition) is 3. The van der Waals surface area contributed by atoms with E-state index in [4.69, 9.17) is 8.83 Å². The zero-order valence-electron chi connectivity index (χ0n) is 37.0. The highest BCUT2D eigenvalue weighted by Crippen LogP contribution is 2.51. The molecule has 14 rings (SSSR count). The molecule has 4 heteroatoms. The van der Waals surface area contributed by atoms with Gasteiger partial charge in [0.15, 0.2) is 5.58 Å². The minimum Gasteiger partial charge on any atom is -0.455 e. The number of anilines is 3. The van der Waals surface area contributed by atoms with Crippen LogP contribution < -0.4 is 4.90 Å². The first-order valence-electron chi connectivity index (χ1n) is 23.1. The molecule has 0 saturated carbocycles. The number of fused-ring (bicyclic) bond motifs is 13. The quantitative estimate of drug-likeness (QED) is 0.167. The van der Waals surface area contributed by atoms with Gasteiger partial charge in [-0.2, -0.15) is 0 Å². The molecule has 3 aromatic heterocycles. The summed E-state index contributed by atoms with van der Waals surface area (Å²) in [6, 6.07) is 78.9. The molecule has 4 nitrogen and oxygen atoms in total. The normalized spacial score (nSPS) is 13.0. The molecule has 0 amide bonds. The van der Waals surface area contributed by atoms with Gasteiger partial charge in [0.2, 0.25) is 0 Å². The summed E-state index contributed by atoms with van der Waals surface area (Å²) in [4.78, 5) is 2.39. The predicted octanol–water partition coefficient (Wildman–Crippen LogP) is 17.7. The molecule has 67 heavy (non-hydrogen) atoms. The third-order valence-corrected chi connectivity index (χ3v) is 14.4. The van der Waals surface area contributed by atoms with Crippen LogP contribution in [0.5, 0.6) is 0 Å². The van der Waals surface area contributed by atoms with E-state index in [0.29, 0.717) is 0 Å². The van der Waals surface area contributed by atoms with Crippen molar-refractivity contribution in [3.63, 3.8) is 0 Å². The fourth-order valence-electron chi connectivity index (χ4n) is 11.1. The Hall–Kier alpha value is -8.60. The zero-order valence-corrected chi connectivity index (χ0v) is 37.0. The van der Waals surface area contributed by atoms with Gasteiger partial charge in [0.1, 0.15) is 16.7 Å². The van der Waals surface area contributed by atoms with Crippen LogP contribution in [0.15, 0.2) is 227 Å². The smallest absolute Gasteiger partial charge is 0.160 e. The number of hydrogen-bond donors (Lipinski definition) is 0. The molecular formula is C63H42N2O2. The zero-order chi connectivity index (χ0) is 44.4. The average molecular weight is 859 g/mol. The standard InChI is InChI=1S/C63H42N2O2/c1-63(2)55-18-7-3-12-47(55)48-35-34-45(38-56(48)63)64(43-32-26-41(27-33-43)46-16-11-17-53-50-14-5-9-20-58(50)66-61(46)53)42-28-22-39(23-29-42)40-24-30-44(31-25-40)65-57-19-8-4-13-49(57)52-36-37-54-51-15-6-10-21-59(51)67-62(54)60(52)65/h3-38H,1-2H3. The number of nitrogens with zero attached hydrogens (tertiary/aromatic N) is 2. The molecule has 3 heterocycles. The van der Waals surface area contributed by atoms with E-state index in [1.165, 1.54) is 33.0 Å². The third-order valence-electron chi connectivity index (χ3n) is 14.4. The van der Waals surface area contributed by atoms with Gasteiger partial charge in [0.25, 0.3) is 0 Å². The van der Waals surface area contributed by atoms with Crippen molar-refractivity contribution < 1.29 is 8.83 Å². The lowest BCUT2D eigenvalue weighted by molar-refractivity contribution is 0.660. The van der Waals surface area contributed by atoms with Crippen molar-refractivity contribution in [1.82, 2.24) is 4.57 Å². The second-order valence-electron chi connectivity index (χ2n) is 18.4. The second kappa shape index (κ2) is 14.2. The Morgan fingerprint density at radius 2 is 0.896 bits per heavy atom. The molecule has 1 aliphatic carbocycles. The molecule has 10 aromatic carbocycles. The van der Waals surface area contributed by atoms with Gasteiger partial charge in [-0.1, -0.05) is 159 Å². The van der Waals surface area contributed by atoms with E-state index in [1.54, 1.807) is 0 Å². The van der Waals surface area contributed by atoms with Crippen LogP contribution in [0, 0.1) is 0 Å². The lowest BCUT2D eigenvalue weighted by Crippen LogP contribution is -2.16. The van der Waals surface area contributed by atoms with E-state index in [0.717, 1.165) is 99.9 Å². The lowest BCUT2D eigenvalue weighted by atomic mass is 9.82. The highest BCUT2D eigenvalue weighted by Gasteiger charge is 2.36. The maximum absolute atomic E-state index is 6.61. The van der Waals surface area contributed by atoms with Gasteiger partial charge in [-0.15, -0.1) is 0 Å².